The Morgan fingerprint density at radius 3 is 2.23 bits per heavy atom. The Morgan fingerprint density at radius 2 is 1.49 bits per heavy atom. The summed E-state index contributed by atoms with van der Waals surface area (Å²) in [6.07, 6.45) is 7.13. The van der Waals surface area contributed by atoms with Crippen molar-refractivity contribution in [2.75, 3.05) is 0 Å². The van der Waals surface area contributed by atoms with E-state index in [9.17, 15) is 0 Å². The van der Waals surface area contributed by atoms with Gasteiger partial charge in [0.1, 0.15) is 0 Å². The molecule has 0 bridgehead atoms. The number of furan rings is 1. The van der Waals surface area contributed by atoms with Gasteiger partial charge in [-0.1, -0.05) is 0 Å². The van der Waals surface area contributed by atoms with Gasteiger partial charge >= 0.3 is 211 Å². The molecule has 2 heterocycles. The summed E-state index contributed by atoms with van der Waals surface area (Å²) < 4.78 is 10.7. The van der Waals surface area contributed by atoms with Crippen molar-refractivity contribution in [1.29, 1.82) is 0 Å². The fourth-order valence-electron chi connectivity index (χ4n) is 5.90. The average Bonchev–Trinajstić information content (AvgIpc) is 3.22. The van der Waals surface area contributed by atoms with Crippen LogP contribution in [0.3, 0.4) is 0 Å². The first-order chi connectivity index (χ1) is 16.8. The number of rotatable bonds is 3. The van der Waals surface area contributed by atoms with Crippen LogP contribution >= 0.6 is 0 Å². The Morgan fingerprint density at radius 1 is 0.771 bits per heavy atom. The van der Waals surface area contributed by atoms with Crippen LogP contribution in [0.1, 0.15) is 29.5 Å². The van der Waals surface area contributed by atoms with E-state index in [1.54, 1.807) is 0 Å². The molecular formula is C32H34GeNO+. The Bertz CT molecular complexity index is 1600. The second kappa shape index (κ2) is 8.38. The van der Waals surface area contributed by atoms with Crippen LogP contribution in [-0.2, 0) is 19.9 Å². The van der Waals surface area contributed by atoms with Gasteiger partial charge in [-0.3, -0.25) is 0 Å². The maximum absolute atomic E-state index is 6.96. The van der Waals surface area contributed by atoms with Crippen LogP contribution in [0.2, 0.25) is 17.3 Å². The molecule has 3 aromatic carbocycles. The number of benzene rings is 3. The quantitative estimate of drug-likeness (QED) is 0.178. The third kappa shape index (κ3) is 3.74. The number of fused-ring (bicyclic) bond motifs is 4. The molecule has 0 saturated carbocycles. The molecule has 35 heavy (non-hydrogen) atoms. The van der Waals surface area contributed by atoms with E-state index in [-0.39, 0.29) is 0 Å². The molecule has 2 nitrogen and oxygen atoms in total. The minimum atomic E-state index is -2.19. The van der Waals surface area contributed by atoms with Crippen LogP contribution in [0.5, 0.6) is 0 Å². The molecule has 2 aromatic heterocycles. The summed E-state index contributed by atoms with van der Waals surface area (Å²) in [7, 11) is 2.11. The van der Waals surface area contributed by atoms with E-state index in [2.05, 4.69) is 103 Å². The van der Waals surface area contributed by atoms with E-state index in [4.69, 9.17) is 4.42 Å². The number of aromatic nitrogens is 1. The topological polar surface area (TPSA) is 17.0 Å². The van der Waals surface area contributed by atoms with Crippen LogP contribution in [-0.4, -0.2) is 13.3 Å². The molecule has 0 amide bonds. The van der Waals surface area contributed by atoms with Crippen LogP contribution in [0.15, 0.2) is 71.3 Å². The van der Waals surface area contributed by atoms with Gasteiger partial charge in [0.2, 0.25) is 0 Å². The molecule has 0 N–H and O–H groups in total. The predicted octanol–water partition coefficient (Wildman–Crippen LogP) is 7.48. The zero-order chi connectivity index (χ0) is 24.3. The molecular weight excluding hydrogens is 487 g/mol. The summed E-state index contributed by atoms with van der Waals surface area (Å²) in [5.41, 5.74) is 11.4. The van der Waals surface area contributed by atoms with Crippen LogP contribution in [0, 0.1) is 6.92 Å². The third-order valence-electron chi connectivity index (χ3n) is 7.77. The van der Waals surface area contributed by atoms with E-state index in [1.165, 1.54) is 79.9 Å². The molecule has 176 valence electrons. The normalized spacial score (nSPS) is 14.0. The summed E-state index contributed by atoms with van der Waals surface area (Å²) in [5.74, 6) is 7.47. The third-order valence-corrected chi connectivity index (χ3v) is 12.0. The maximum atomic E-state index is 6.96. The summed E-state index contributed by atoms with van der Waals surface area (Å²) >= 11 is -2.19. The molecule has 0 spiro atoms. The Kier molecular flexibility index (Phi) is 5.41. The monoisotopic (exact) mass is 522 g/mol. The van der Waals surface area contributed by atoms with E-state index in [0.717, 1.165) is 11.2 Å². The second-order valence-electron chi connectivity index (χ2n) is 11.2. The molecule has 0 saturated heterocycles. The van der Waals surface area contributed by atoms with Gasteiger partial charge in [0.05, 0.1) is 0 Å². The van der Waals surface area contributed by atoms with Gasteiger partial charge in [0.15, 0.2) is 0 Å². The van der Waals surface area contributed by atoms with Gasteiger partial charge in [-0.2, -0.15) is 0 Å². The van der Waals surface area contributed by atoms with Gasteiger partial charge in [0.25, 0.3) is 0 Å². The summed E-state index contributed by atoms with van der Waals surface area (Å²) in [5, 5.41) is 2.43. The molecule has 1 aliphatic carbocycles. The summed E-state index contributed by atoms with van der Waals surface area (Å²) in [6.45, 7) is 2.19. The van der Waals surface area contributed by atoms with Crippen molar-refractivity contribution < 1.29 is 8.98 Å². The molecule has 6 rings (SSSR count). The fourth-order valence-corrected chi connectivity index (χ4v) is 9.24. The first kappa shape index (κ1) is 22.6. The molecule has 0 fully saturated rings. The van der Waals surface area contributed by atoms with Gasteiger partial charge in [0, 0.05) is 0 Å². The first-order valence-electron chi connectivity index (χ1n) is 12.9. The van der Waals surface area contributed by atoms with Crippen LogP contribution in [0.4, 0.5) is 0 Å². The SMILES string of the molecule is Cc1ccc2c(oc3c(-c4ccc5c(c4)CCCC5)[c]([Ge]([CH3])([CH3])[CH3])ccc32)c1-c1cccc[n+]1C. The molecule has 5 aromatic rings. The van der Waals surface area contributed by atoms with Crippen LogP contribution in [0.25, 0.3) is 44.3 Å². The van der Waals surface area contributed by atoms with Crippen LogP contribution < -0.4 is 8.96 Å². The van der Waals surface area contributed by atoms with Gasteiger partial charge in [-0.15, -0.1) is 0 Å². The molecule has 0 radical (unpaired) electrons. The zero-order valence-electron chi connectivity index (χ0n) is 21.5. The number of aryl methyl sites for hydroxylation is 4. The number of hydrogen-bond acceptors (Lipinski definition) is 1. The molecule has 0 atom stereocenters. The summed E-state index contributed by atoms with van der Waals surface area (Å²) in [6, 6.07) is 22.8. The van der Waals surface area contributed by atoms with Crippen molar-refractivity contribution in [1.82, 2.24) is 0 Å². The van der Waals surface area contributed by atoms with Gasteiger partial charge < -0.3 is 0 Å². The van der Waals surface area contributed by atoms with Crippen molar-refractivity contribution in [3.63, 3.8) is 0 Å². The second-order valence-corrected chi connectivity index (χ2v) is 21.8. The Labute approximate surface area is 211 Å². The minimum absolute atomic E-state index is 1.000. The van der Waals surface area contributed by atoms with Crippen molar-refractivity contribution in [2.24, 2.45) is 7.05 Å². The van der Waals surface area contributed by atoms with Gasteiger partial charge in [-0.05, 0) is 0 Å². The summed E-state index contributed by atoms with van der Waals surface area (Å²) in [4.78, 5) is 0. The van der Waals surface area contributed by atoms with E-state index >= 15 is 0 Å². The predicted molar refractivity (Wildman–Crippen MR) is 150 cm³/mol. The van der Waals surface area contributed by atoms with Crippen molar-refractivity contribution in [3.8, 4) is 22.4 Å². The van der Waals surface area contributed by atoms with Crippen molar-refractivity contribution in [3.05, 3.63) is 83.6 Å². The molecule has 0 aliphatic heterocycles. The van der Waals surface area contributed by atoms with Crippen molar-refractivity contribution >= 4 is 39.6 Å². The number of pyridine rings is 1. The van der Waals surface area contributed by atoms with E-state index < -0.39 is 13.3 Å². The van der Waals surface area contributed by atoms with E-state index in [0.29, 0.717) is 0 Å². The Hall–Kier alpha value is -2.85. The number of hydrogen-bond donors (Lipinski definition) is 0. The van der Waals surface area contributed by atoms with Crippen molar-refractivity contribution in [2.45, 2.75) is 49.9 Å². The van der Waals surface area contributed by atoms with Gasteiger partial charge in [-0.25, -0.2) is 0 Å². The Balaban J connectivity index is 1.71. The zero-order valence-corrected chi connectivity index (χ0v) is 23.6. The first-order valence-corrected chi connectivity index (χ1v) is 20.2. The molecule has 0 unspecified atom stereocenters. The van der Waals surface area contributed by atoms with E-state index in [1.807, 2.05) is 0 Å². The molecule has 3 heteroatoms. The number of nitrogens with zero attached hydrogens (tertiary/aromatic N) is 1. The standard InChI is InChI=1S/C32H34GeNO/c1-21-13-16-25-26-17-18-27(33(2,3)4)30(24-15-14-22-10-6-7-11-23(22)20-24)32(26)35-31(25)29(21)28-12-8-9-19-34(28)5/h8-9,12-20H,6-7,10-11H2,1-5H3/q+1. The molecule has 1 aliphatic rings. The fraction of sp³-hybridized carbons (Fsp3) is 0.281. The average molecular weight is 521 g/mol.